The number of nitrogens with zero attached hydrogens (tertiary/aromatic N) is 1. The lowest BCUT2D eigenvalue weighted by atomic mass is 10.1. The first kappa shape index (κ1) is 9.92. The number of rotatable bonds is 5. The van der Waals surface area contributed by atoms with Gasteiger partial charge in [-0.05, 0) is 33.0 Å². The van der Waals surface area contributed by atoms with Crippen LogP contribution < -0.4 is 5.73 Å². The van der Waals surface area contributed by atoms with Crippen LogP contribution in [0.3, 0.4) is 0 Å². The van der Waals surface area contributed by atoms with Gasteiger partial charge in [-0.3, -0.25) is 0 Å². The van der Waals surface area contributed by atoms with Crippen molar-refractivity contribution in [2.45, 2.75) is 32.7 Å². The zero-order chi connectivity index (χ0) is 7.98. The van der Waals surface area contributed by atoms with Gasteiger partial charge in [-0.25, -0.2) is 0 Å². The molecule has 2 nitrogen and oxygen atoms in total. The Morgan fingerprint density at radius 2 is 2.00 bits per heavy atom. The highest BCUT2D eigenvalue weighted by Gasteiger charge is 2.08. The molecule has 0 amide bonds. The van der Waals surface area contributed by atoms with Crippen molar-refractivity contribution >= 4 is 0 Å². The summed E-state index contributed by atoms with van der Waals surface area (Å²) >= 11 is 0. The standard InChI is InChI=1S/C8H20N2/c1-4-8(6-7-9)10(3)5-2/h8H,4-7,9H2,1-3H3. The summed E-state index contributed by atoms with van der Waals surface area (Å²) in [4.78, 5) is 2.35. The molecule has 0 rings (SSSR count). The van der Waals surface area contributed by atoms with Crippen LogP contribution >= 0.6 is 0 Å². The van der Waals surface area contributed by atoms with E-state index in [1.165, 1.54) is 6.42 Å². The molecule has 0 aromatic carbocycles. The van der Waals surface area contributed by atoms with E-state index in [2.05, 4.69) is 25.8 Å². The molecular weight excluding hydrogens is 124 g/mol. The van der Waals surface area contributed by atoms with Gasteiger partial charge in [0.05, 0.1) is 0 Å². The molecule has 1 atom stereocenters. The zero-order valence-electron chi connectivity index (χ0n) is 7.43. The van der Waals surface area contributed by atoms with Crippen LogP contribution in [0.5, 0.6) is 0 Å². The van der Waals surface area contributed by atoms with E-state index in [0.717, 1.165) is 19.5 Å². The van der Waals surface area contributed by atoms with Gasteiger partial charge in [-0.15, -0.1) is 0 Å². The second-order valence-corrected chi connectivity index (χ2v) is 2.71. The molecule has 0 heterocycles. The fourth-order valence-electron chi connectivity index (χ4n) is 1.19. The van der Waals surface area contributed by atoms with Gasteiger partial charge in [0.2, 0.25) is 0 Å². The average Bonchev–Trinajstić information content (AvgIpc) is 1.99. The summed E-state index contributed by atoms with van der Waals surface area (Å²) in [5, 5.41) is 0. The molecule has 0 radical (unpaired) electrons. The predicted octanol–water partition coefficient (Wildman–Crippen LogP) is 1.07. The highest BCUT2D eigenvalue weighted by molar-refractivity contribution is 4.65. The monoisotopic (exact) mass is 144 g/mol. The predicted molar refractivity (Wildman–Crippen MR) is 46.1 cm³/mol. The summed E-state index contributed by atoms with van der Waals surface area (Å²) in [6, 6.07) is 0.690. The van der Waals surface area contributed by atoms with Crippen LogP contribution in [-0.4, -0.2) is 31.1 Å². The summed E-state index contributed by atoms with van der Waals surface area (Å²) in [5.41, 5.74) is 5.47. The second-order valence-electron chi connectivity index (χ2n) is 2.71. The molecule has 1 unspecified atom stereocenters. The van der Waals surface area contributed by atoms with Crippen molar-refractivity contribution in [3.05, 3.63) is 0 Å². The largest absolute Gasteiger partial charge is 0.330 e. The Labute approximate surface area is 64.4 Å². The highest BCUT2D eigenvalue weighted by atomic mass is 15.1. The van der Waals surface area contributed by atoms with Crippen LogP contribution in [0.4, 0.5) is 0 Å². The first-order chi connectivity index (χ1) is 4.76. The molecular formula is C8H20N2. The van der Waals surface area contributed by atoms with E-state index in [9.17, 15) is 0 Å². The van der Waals surface area contributed by atoms with Gasteiger partial charge in [-0.2, -0.15) is 0 Å². The van der Waals surface area contributed by atoms with Gasteiger partial charge in [0.25, 0.3) is 0 Å². The van der Waals surface area contributed by atoms with Crippen LogP contribution in [0.15, 0.2) is 0 Å². The minimum atomic E-state index is 0.690. The fourth-order valence-corrected chi connectivity index (χ4v) is 1.19. The first-order valence-electron chi connectivity index (χ1n) is 4.16. The number of hydrogen-bond donors (Lipinski definition) is 1. The van der Waals surface area contributed by atoms with Crippen molar-refractivity contribution in [3.63, 3.8) is 0 Å². The number of nitrogens with two attached hydrogens (primary N) is 1. The van der Waals surface area contributed by atoms with Crippen molar-refractivity contribution in [2.24, 2.45) is 5.73 Å². The van der Waals surface area contributed by atoms with Gasteiger partial charge in [-0.1, -0.05) is 13.8 Å². The molecule has 0 spiro atoms. The average molecular weight is 144 g/mol. The van der Waals surface area contributed by atoms with E-state index in [1.54, 1.807) is 0 Å². The lowest BCUT2D eigenvalue weighted by molar-refractivity contribution is 0.238. The quantitative estimate of drug-likeness (QED) is 0.625. The maximum absolute atomic E-state index is 5.47. The molecule has 62 valence electrons. The Hall–Kier alpha value is -0.0800. The topological polar surface area (TPSA) is 29.3 Å². The van der Waals surface area contributed by atoms with Gasteiger partial charge in [0.1, 0.15) is 0 Å². The molecule has 0 aromatic heterocycles. The third kappa shape index (κ3) is 3.18. The maximum atomic E-state index is 5.47. The lowest BCUT2D eigenvalue weighted by Crippen LogP contribution is -2.32. The Kier molecular flexibility index (Phi) is 5.64. The minimum Gasteiger partial charge on any atom is -0.330 e. The molecule has 0 aliphatic rings. The van der Waals surface area contributed by atoms with Crippen LogP contribution in [0.2, 0.25) is 0 Å². The van der Waals surface area contributed by atoms with Gasteiger partial charge < -0.3 is 10.6 Å². The maximum Gasteiger partial charge on any atom is 0.0101 e. The van der Waals surface area contributed by atoms with E-state index < -0.39 is 0 Å². The molecule has 0 bridgehead atoms. The minimum absolute atomic E-state index is 0.690. The van der Waals surface area contributed by atoms with Crippen LogP contribution in [0, 0.1) is 0 Å². The first-order valence-corrected chi connectivity index (χ1v) is 4.16. The summed E-state index contributed by atoms with van der Waals surface area (Å²) in [6.45, 7) is 6.33. The van der Waals surface area contributed by atoms with Crippen molar-refractivity contribution in [1.82, 2.24) is 4.90 Å². The van der Waals surface area contributed by atoms with E-state index in [0.29, 0.717) is 6.04 Å². The van der Waals surface area contributed by atoms with Gasteiger partial charge >= 0.3 is 0 Å². The molecule has 2 N–H and O–H groups in total. The van der Waals surface area contributed by atoms with Crippen LogP contribution in [-0.2, 0) is 0 Å². The SMILES string of the molecule is CCC(CCN)N(C)CC. The van der Waals surface area contributed by atoms with Crippen molar-refractivity contribution in [1.29, 1.82) is 0 Å². The Morgan fingerprint density at radius 3 is 2.30 bits per heavy atom. The molecule has 2 heteroatoms. The zero-order valence-corrected chi connectivity index (χ0v) is 7.43. The van der Waals surface area contributed by atoms with Crippen LogP contribution in [0.25, 0.3) is 0 Å². The van der Waals surface area contributed by atoms with E-state index >= 15 is 0 Å². The smallest absolute Gasteiger partial charge is 0.0101 e. The van der Waals surface area contributed by atoms with E-state index in [1.807, 2.05) is 0 Å². The van der Waals surface area contributed by atoms with E-state index in [-0.39, 0.29) is 0 Å². The molecule has 0 saturated heterocycles. The van der Waals surface area contributed by atoms with Gasteiger partial charge in [0, 0.05) is 6.04 Å². The van der Waals surface area contributed by atoms with Crippen molar-refractivity contribution in [3.8, 4) is 0 Å². The molecule has 0 aromatic rings. The van der Waals surface area contributed by atoms with Gasteiger partial charge in [0.15, 0.2) is 0 Å². The lowest BCUT2D eigenvalue weighted by Gasteiger charge is -2.24. The Morgan fingerprint density at radius 1 is 1.40 bits per heavy atom. The summed E-state index contributed by atoms with van der Waals surface area (Å²) in [7, 11) is 2.16. The molecule has 0 fully saturated rings. The highest BCUT2D eigenvalue weighted by Crippen LogP contribution is 2.03. The normalized spacial score (nSPS) is 14.1. The molecule has 0 saturated carbocycles. The van der Waals surface area contributed by atoms with Crippen molar-refractivity contribution < 1.29 is 0 Å². The Balaban J connectivity index is 3.56. The summed E-state index contributed by atoms with van der Waals surface area (Å²) < 4.78 is 0. The fraction of sp³-hybridized carbons (Fsp3) is 1.00. The third-order valence-electron chi connectivity index (χ3n) is 2.09. The van der Waals surface area contributed by atoms with Crippen LogP contribution in [0.1, 0.15) is 26.7 Å². The second kappa shape index (κ2) is 5.69. The molecule has 0 aliphatic heterocycles. The van der Waals surface area contributed by atoms with Crippen molar-refractivity contribution in [2.75, 3.05) is 20.1 Å². The molecule has 10 heavy (non-hydrogen) atoms. The third-order valence-corrected chi connectivity index (χ3v) is 2.09. The Bertz CT molecular complexity index is 73.7. The number of hydrogen-bond acceptors (Lipinski definition) is 2. The molecule has 0 aliphatic carbocycles. The summed E-state index contributed by atoms with van der Waals surface area (Å²) in [6.07, 6.45) is 2.34. The van der Waals surface area contributed by atoms with E-state index in [4.69, 9.17) is 5.73 Å². The summed E-state index contributed by atoms with van der Waals surface area (Å²) in [5.74, 6) is 0.